The van der Waals surface area contributed by atoms with Crippen LogP contribution in [0.5, 0.6) is 0 Å². The van der Waals surface area contributed by atoms with Gasteiger partial charge < -0.3 is 10.4 Å². The predicted molar refractivity (Wildman–Crippen MR) is 141 cm³/mol. The largest absolute Gasteiger partial charge is 0.393 e. The zero-order chi connectivity index (χ0) is 26.2. The fraction of sp³-hybridized carbons (Fsp3) is 0.400. The minimum Gasteiger partial charge on any atom is -0.393 e. The summed E-state index contributed by atoms with van der Waals surface area (Å²) in [6.45, 7) is -0.207. The quantitative estimate of drug-likeness (QED) is 0.353. The number of aliphatic hydroxyl groups is 1. The van der Waals surface area contributed by atoms with E-state index in [9.17, 15) is 18.3 Å². The first kappa shape index (κ1) is 26.2. The van der Waals surface area contributed by atoms with Crippen molar-refractivity contribution in [3.05, 3.63) is 74.3 Å². The number of ketones is 1. The van der Waals surface area contributed by atoms with Crippen LogP contribution in [-0.2, 0) is 20.9 Å². The molecule has 0 amide bonds. The van der Waals surface area contributed by atoms with Crippen LogP contribution in [0.4, 0.5) is 5.82 Å². The smallest absolute Gasteiger partial charge is 0.333 e. The summed E-state index contributed by atoms with van der Waals surface area (Å²) in [7, 11) is -4.09. The Morgan fingerprint density at radius 3 is 2.95 bits per heavy atom. The fourth-order valence-corrected chi connectivity index (χ4v) is 6.75. The van der Waals surface area contributed by atoms with Gasteiger partial charge in [0.2, 0.25) is 5.78 Å². The Kier molecular flexibility index (Phi) is 7.62. The third kappa shape index (κ3) is 6.02. The van der Waals surface area contributed by atoms with Crippen LogP contribution in [0.3, 0.4) is 0 Å². The Hall–Kier alpha value is -2.41. The lowest BCUT2D eigenvalue weighted by Crippen LogP contribution is -2.24. The second-order valence-corrected chi connectivity index (χ2v) is 12.1. The number of hydrogen-bond donors (Lipinski definition) is 3. The van der Waals surface area contributed by atoms with Crippen LogP contribution in [-0.4, -0.2) is 48.0 Å². The van der Waals surface area contributed by atoms with Gasteiger partial charge in [-0.3, -0.25) is 8.98 Å². The Bertz CT molecular complexity index is 1410. The summed E-state index contributed by atoms with van der Waals surface area (Å²) in [4.78, 5) is 22.4. The van der Waals surface area contributed by atoms with Crippen molar-refractivity contribution in [2.75, 3.05) is 11.9 Å². The molecule has 2 aliphatic rings. The molecule has 4 atom stereocenters. The normalized spacial score (nSPS) is 23.5. The number of thiophene rings is 1. The molecule has 1 saturated carbocycles. The van der Waals surface area contributed by atoms with Crippen molar-refractivity contribution in [3.63, 3.8) is 0 Å². The van der Waals surface area contributed by atoms with E-state index in [4.69, 9.17) is 16.7 Å². The fourth-order valence-electron chi connectivity index (χ4n) is 5.29. The number of rotatable bonds is 8. The summed E-state index contributed by atoms with van der Waals surface area (Å²) < 4.78 is 26.9. The summed E-state index contributed by atoms with van der Waals surface area (Å²) in [5.74, 6) is -0.0334. The van der Waals surface area contributed by atoms with Gasteiger partial charge in [0.05, 0.1) is 23.2 Å². The molecule has 0 bridgehead atoms. The maximum atomic E-state index is 13.5. The molecule has 196 valence electrons. The highest BCUT2D eigenvalue weighted by Crippen LogP contribution is 2.40. The van der Waals surface area contributed by atoms with Crippen LogP contribution in [0.15, 0.2) is 42.2 Å². The Balaban J connectivity index is 1.32. The maximum absolute atomic E-state index is 13.5. The van der Waals surface area contributed by atoms with E-state index >= 15 is 0 Å². The van der Waals surface area contributed by atoms with Crippen LogP contribution in [0.25, 0.3) is 0 Å². The molecule has 12 heteroatoms. The average Bonchev–Trinajstić information content (AvgIpc) is 3.48. The first-order valence-electron chi connectivity index (χ1n) is 12.0. The van der Waals surface area contributed by atoms with Gasteiger partial charge in [0.15, 0.2) is 0 Å². The van der Waals surface area contributed by atoms with E-state index in [1.807, 2.05) is 23.6 Å². The average molecular weight is 563 g/mol. The number of nitrogens with two attached hydrogens (primary N) is 1. The molecule has 0 unspecified atom stereocenters. The van der Waals surface area contributed by atoms with Gasteiger partial charge in [0.1, 0.15) is 12.1 Å². The minimum atomic E-state index is -4.09. The molecule has 1 fully saturated rings. The first-order chi connectivity index (χ1) is 17.7. The van der Waals surface area contributed by atoms with Crippen molar-refractivity contribution >= 4 is 44.8 Å². The number of anilines is 1. The molecular formula is C25H27ClN4O5S2. The second kappa shape index (κ2) is 10.8. The molecule has 37 heavy (non-hydrogen) atoms. The number of nitrogens with one attached hydrogen (secondary N) is 1. The number of aromatic nitrogens is 2. The molecule has 2 aliphatic carbocycles. The van der Waals surface area contributed by atoms with E-state index in [0.29, 0.717) is 34.1 Å². The zero-order valence-corrected chi connectivity index (χ0v) is 22.2. The van der Waals surface area contributed by atoms with Crippen molar-refractivity contribution in [1.82, 2.24) is 9.97 Å². The number of halogens is 1. The minimum absolute atomic E-state index is 0.186. The van der Waals surface area contributed by atoms with Crippen molar-refractivity contribution < 1.29 is 22.5 Å². The number of nitrogens with zero attached hydrogens (tertiary/aromatic N) is 2. The highest BCUT2D eigenvalue weighted by atomic mass is 35.5. The third-order valence-corrected chi connectivity index (χ3v) is 8.72. The van der Waals surface area contributed by atoms with E-state index in [2.05, 4.69) is 25.5 Å². The van der Waals surface area contributed by atoms with Crippen molar-refractivity contribution in [1.29, 1.82) is 0 Å². The number of aryl methyl sites for hydroxylation is 1. The Morgan fingerprint density at radius 2 is 2.14 bits per heavy atom. The monoisotopic (exact) mass is 562 g/mol. The van der Waals surface area contributed by atoms with Crippen LogP contribution >= 0.6 is 22.9 Å². The highest BCUT2D eigenvalue weighted by molar-refractivity contribution is 7.84. The number of benzene rings is 1. The van der Waals surface area contributed by atoms with Gasteiger partial charge in [-0.05, 0) is 72.4 Å². The van der Waals surface area contributed by atoms with Crippen LogP contribution in [0.1, 0.15) is 63.5 Å². The SMILES string of the molecule is NS(=O)(=O)OC[C@H]1C[C@@H](Nc2ncncc2C(=O)c2cc([C@@H]3CCCc4ccc(Cl)cc43)cs2)C[C@@H]1O. The Morgan fingerprint density at radius 1 is 1.30 bits per heavy atom. The van der Waals surface area contributed by atoms with Crippen molar-refractivity contribution in [2.24, 2.45) is 11.1 Å². The van der Waals surface area contributed by atoms with E-state index in [-0.39, 0.29) is 24.3 Å². The number of hydrogen-bond acceptors (Lipinski definition) is 9. The lowest BCUT2D eigenvalue weighted by Gasteiger charge is -2.25. The molecule has 9 nitrogen and oxygen atoms in total. The van der Waals surface area contributed by atoms with Gasteiger partial charge >= 0.3 is 10.3 Å². The van der Waals surface area contributed by atoms with E-state index in [0.717, 1.165) is 24.8 Å². The summed E-state index contributed by atoms with van der Waals surface area (Å²) >= 11 is 7.68. The molecule has 0 spiro atoms. The van der Waals surface area contributed by atoms with E-state index in [1.165, 1.54) is 35.0 Å². The summed E-state index contributed by atoms with van der Waals surface area (Å²) in [6, 6.07) is 7.77. The van der Waals surface area contributed by atoms with E-state index in [1.54, 1.807) is 0 Å². The van der Waals surface area contributed by atoms with Crippen molar-refractivity contribution in [3.8, 4) is 0 Å². The lowest BCUT2D eigenvalue weighted by molar-refractivity contribution is 0.101. The molecule has 0 radical (unpaired) electrons. The van der Waals surface area contributed by atoms with Gasteiger partial charge in [0, 0.05) is 29.1 Å². The molecule has 3 aromatic rings. The van der Waals surface area contributed by atoms with Crippen molar-refractivity contribution in [2.45, 2.75) is 50.2 Å². The molecule has 4 N–H and O–H groups in total. The van der Waals surface area contributed by atoms with Crippen LogP contribution < -0.4 is 10.5 Å². The summed E-state index contributed by atoms with van der Waals surface area (Å²) in [5.41, 5.74) is 3.96. The van der Waals surface area contributed by atoms with Gasteiger partial charge in [-0.1, -0.05) is 17.7 Å². The standard InChI is InChI=1S/C25H27ClN4O5S2/c26-17-5-4-14-2-1-3-19(20(14)8-17)16-7-23(36-12-16)24(32)21-10-28-13-29-25(21)30-18-6-15(22(31)9-18)11-35-37(27,33)34/h4-5,7-8,10,12-13,15,18-19,22,31H,1-3,6,9,11H2,(H2,27,33,34)(H,28,29,30)/t15-,18-,19+,22+/m1/s1. The third-order valence-electron chi connectivity index (χ3n) is 7.07. The molecule has 1 aromatic carbocycles. The number of carbonyl (C=O) groups is 1. The van der Waals surface area contributed by atoms with E-state index < -0.39 is 22.3 Å². The van der Waals surface area contributed by atoms with Gasteiger partial charge in [-0.2, -0.15) is 8.42 Å². The number of aliphatic hydroxyl groups excluding tert-OH is 1. The van der Waals surface area contributed by atoms with Crippen LogP contribution in [0.2, 0.25) is 5.02 Å². The Labute approximate surface area is 224 Å². The molecule has 2 aromatic heterocycles. The van der Waals surface area contributed by atoms with Gasteiger partial charge in [-0.25, -0.2) is 15.1 Å². The first-order valence-corrected chi connectivity index (χ1v) is 14.7. The summed E-state index contributed by atoms with van der Waals surface area (Å²) in [5, 5.41) is 21.2. The zero-order valence-electron chi connectivity index (χ0n) is 19.8. The topological polar surface area (TPSA) is 144 Å². The molecule has 5 rings (SSSR count). The maximum Gasteiger partial charge on any atom is 0.333 e. The molecule has 0 aliphatic heterocycles. The lowest BCUT2D eigenvalue weighted by atomic mass is 9.80. The number of fused-ring (bicyclic) bond motifs is 1. The van der Waals surface area contributed by atoms with Gasteiger partial charge in [0.25, 0.3) is 0 Å². The second-order valence-electron chi connectivity index (χ2n) is 9.56. The predicted octanol–water partition coefficient (Wildman–Crippen LogP) is 3.66. The van der Waals surface area contributed by atoms with Crippen LogP contribution in [0, 0.1) is 5.92 Å². The molecule has 2 heterocycles. The van der Waals surface area contributed by atoms with Gasteiger partial charge in [-0.15, -0.1) is 11.3 Å². The highest BCUT2D eigenvalue weighted by Gasteiger charge is 2.35. The summed E-state index contributed by atoms with van der Waals surface area (Å²) in [6.07, 6.45) is 5.96. The molecular weight excluding hydrogens is 536 g/mol. The number of carbonyl (C=O) groups excluding carboxylic acids is 1. The molecule has 0 saturated heterocycles.